The molecule has 0 aliphatic heterocycles. The van der Waals surface area contributed by atoms with Crippen molar-refractivity contribution in [2.24, 2.45) is 7.05 Å². The summed E-state index contributed by atoms with van der Waals surface area (Å²) in [5, 5.41) is 0. The van der Waals surface area contributed by atoms with E-state index < -0.39 is 0 Å². The van der Waals surface area contributed by atoms with Crippen molar-refractivity contribution in [3.8, 4) is 29.5 Å². The molecule has 2 aromatic heterocycles. The summed E-state index contributed by atoms with van der Waals surface area (Å²) in [5.41, 5.74) is 1.70. The third kappa shape index (κ3) is 2.18. The molecule has 0 N–H and O–H groups in total. The molecular formula is C11H10N3OS+. The van der Waals surface area contributed by atoms with Crippen LogP contribution < -0.4 is 9.30 Å². The Balaban J connectivity index is 2.34. The van der Waals surface area contributed by atoms with E-state index in [2.05, 4.69) is 14.7 Å². The van der Waals surface area contributed by atoms with E-state index in [1.165, 1.54) is 0 Å². The van der Waals surface area contributed by atoms with Gasteiger partial charge in [-0.25, -0.2) is 4.57 Å². The van der Waals surface area contributed by atoms with E-state index >= 15 is 0 Å². The summed E-state index contributed by atoms with van der Waals surface area (Å²) in [5.74, 6) is 2.90. The van der Waals surface area contributed by atoms with Crippen LogP contribution in [0.3, 0.4) is 0 Å². The van der Waals surface area contributed by atoms with E-state index in [4.69, 9.17) is 11.2 Å². The van der Waals surface area contributed by atoms with E-state index in [0.717, 1.165) is 23.0 Å². The summed E-state index contributed by atoms with van der Waals surface area (Å²) < 4.78 is 15.5. The van der Waals surface area contributed by atoms with E-state index in [1.54, 1.807) is 0 Å². The Kier molecular flexibility index (Phi) is 3.13. The Labute approximate surface area is 97.9 Å². The van der Waals surface area contributed by atoms with Crippen molar-refractivity contribution in [3.63, 3.8) is 0 Å². The van der Waals surface area contributed by atoms with Gasteiger partial charge in [0.2, 0.25) is 0 Å². The van der Waals surface area contributed by atoms with Gasteiger partial charge in [-0.15, -0.1) is 10.8 Å². The minimum absolute atomic E-state index is 0.206. The maximum Gasteiger partial charge on any atom is 0.255 e. The smallest absolute Gasteiger partial charge is 0.255 e. The Morgan fingerprint density at radius 3 is 3.19 bits per heavy atom. The van der Waals surface area contributed by atoms with Crippen LogP contribution in [0.25, 0.3) is 11.3 Å². The Bertz CT molecular complexity index is 530. The molecule has 0 saturated carbocycles. The lowest BCUT2D eigenvalue weighted by Gasteiger charge is -1.99. The SMILES string of the molecule is C#CCOc1nsnc1-c1ccc[n+](C)c1. The van der Waals surface area contributed by atoms with Crippen LogP contribution in [-0.2, 0) is 7.05 Å². The maximum atomic E-state index is 5.31. The zero-order valence-electron chi connectivity index (χ0n) is 8.75. The van der Waals surface area contributed by atoms with Gasteiger partial charge in [0, 0.05) is 6.07 Å². The lowest BCUT2D eigenvalue weighted by Crippen LogP contribution is -2.26. The molecule has 0 atom stereocenters. The molecule has 80 valence electrons. The number of aromatic nitrogens is 3. The zero-order valence-corrected chi connectivity index (χ0v) is 9.57. The number of ether oxygens (including phenoxy) is 1. The van der Waals surface area contributed by atoms with E-state index in [1.807, 2.05) is 36.1 Å². The summed E-state index contributed by atoms with van der Waals surface area (Å²) in [6, 6.07) is 3.90. The molecule has 4 nitrogen and oxygen atoms in total. The van der Waals surface area contributed by atoms with Crippen LogP contribution in [0, 0.1) is 12.3 Å². The Hall–Kier alpha value is -1.93. The van der Waals surface area contributed by atoms with E-state index in [9.17, 15) is 0 Å². The molecule has 2 aromatic rings. The van der Waals surface area contributed by atoms with Gasteiger partial charge < -0.3 is 4.74 Å². The molecule has 0 aliphatic carbocycles. The molecule has 0 amide bonds. The number of rotatable bonds is 3. The third-order valence-corrected chi connectivity index (χ3v) is 2.48. The molecule has 2 rings (SSSR count). The fourth-order valence-corrected chi connectivity index (χ4v) is 1.81. The van der Waals surface area contributed by atoms with Crippen molar-refractivity contribution in [1.29, 1.82) is 0 Å². The van der Waals surface area contributed by atoms with Crippen LogP contribution in [0.15, 0.2) is 24.5 Å². The van der Waals surface area contributed by atoms with Crippen molar-refractivity contribution in [2.75, 3.05) is 6.61 Å². The summed E-state index contributed by atoms with van der Waals surface area (Å²) in [6.45, 7) is 0.206. The molecular weight excluding hydrogens is 222 g/mol. The summed E-state index contributed by atoms with van der Waals surface area (Å²) in [4.78, 5) is 0. The lowest BCUT2D eigenvalue weighted by molar-refractivity contribution is -0.671. The van der Waals surface area contributed by atoms with Gasteiger partial charge in [0.05, 0.1) is 17.3 Å². The Morgan fingerprint density at radius 1 is 1.56 bits per heavy atom. The van der Waals surface area contributed by atoms with Crippen LogP contribution in [0.2, 0.25) is 0 Å². The van der Waals surface area contributed by atoms with Gasteiger partial charge in [-0.3, -0.25) is 0 Å². The number of pyridine rings is 1. The molecule has 2 heterocycles. The van der Waals surface area contributed by atoms with Gasteiger partial charge in [-0.1, -0.05) is 5.92 Å². The lowest BCUT2D eigenvalue weighted by atomic mass is 10.2. The zero-order chi connectivity index (χ0) is 11.4. The normalized spacial score (nSPS) is 9.75. The second-order valence-electron chi connectivity index (χ2n) is 3.17. The van der Waals surface area contributed by atoms with Gasteiger partial charge >= 0.3 is 0 Å². The van der Waals surface area contributed by atoms with Gasteiger partial charge in [-0.2, -0.15) is 4.37 Å². The number of hydrogen-bond donors (Lipinski definition) is 0. The van der Waals surface area contributed by atoms with Crippen LogP contribution in [0.4, 0.5) is 0 Å². The third-order valence-electron chi connectivity index (χ3n) is 1.96. The molecule has 0 unspecified atom stereocenters. The van der Waals surface area contributed by atoms with Gasteiger partial charge in [0.15, 0.2) is 24.7 Å². The van der Waals surface area contributed by atoms with Crippen molar-refractivity contribution in [2.45, 2.75) is 0 Å². The largest absolute Gasteiger partial charge is 0.462 e. The van der Waals surface area contributed by atoms with Crippen molar-refractivity contribution < 1.29 is 9.30 Å². The predicted octanol–water partition coefficient (Wildman–Crippen LogP) is 1.04. The van der Waals surface area contributed by atoms with Crippen LogP contribution in [-0.4, -0.2) is 15.4 Å². The first-order valence-corrected chi connectivity index (χ1v) is 5.39. The second-order valence-corrected chi connectivity index (χ2v) is 3.70. The highest BCUT2D eigenvalue weighted by Crippen LogP contribution is 2.26. The van der Waals surface area contributed by atoms with Gasteiger partial charge in [0.1, 0.15) is 7.05 Å². The van der Waals surface area contributed by atoms with Gasteiger partial charge in [-0.05, 0) is 6.07 Å². The maximum absolute atomic E-state index is 5.31. The van der Waals surface area contributed by atoms with E-state index in [-0.39, 0.29) is 6.61 Å². The van der Waals surface area contributed by atoms with Crippen LogP contribution in [0.5, 0.6) is 5.88 Å². The first-order chi connectivity index (χ1) is 7.81. The number of terminal acetylenes is 1. The molecule has 0 aliphatic rings. The molecule has 0 radical (unpaired) electrons. The topological polar surface area (TPSA) is 38.9 Å². The first kappa shape index (κ1) is 10.6. The summed E-state index contributed by atoms with van der Waals surface area (Å²) in [6.07, 6.45) is 9.04. The molecule has 0 bridgehead atoms. The predicted molar refractivity (Wildman–Crippen MR) is 60.8 cm³/mol. The number of aryl methyl sites for hydroxylation is 1. The average molecular weight is 232 g/mol. The molecule has 0 saturated heterocycles. The van der Waals surface area contributed by atoms with Gasteiger partial charge in [0.25, 0.3) is 5.88 Å². The van der Waals surface area contributed by atoms with Crippen molar-refractivity contribution in [1.82, 2.24) is 8.75 Å². The Morgan fingerprint density at radius 2 is 2.44 bits per heavy atom. The molecule has 0 fully saturated rings. The number of hydrogen-bond acceptors (Lipinski definition) is 4. The highest BCUT2D eigenvalue weighted by atomic mass is 32.1. The summed E-state index contributed by atoms with van der Waals surface area (Å²) in [7, 11) is 1.95. The molecule has 0 aromatic carbocycles. The second kappa shape index (κ2) is 4.73. The van der Waals surface area contributed by atoms with Crippen LogP contribution in [0.1, 0.15) is 0 Å². The standard InChI is InChI=1S/C11H10N3OS/c1-3-7-15-11-10(12-16-13-11)9-5-4-6-14(2)8-9/h1,4-6,8H,7H2,2H3/q+1. The molecule has 5 heteroatoms. The highest BCUT2D eigenvalue weighted by Gasteiger charge is 2.13. The number of nitrogens with zero attached hydrogens (tertiary/aromatic N) is 3. The van der Waals surface area contributed by atoms with Crippen molar-refractivity contribution in [3.05, 3.63) is 24.5 Å². The average Bonchev–Trinajstić information content (AvgIpc) is 2.74. The van der Waals surface area contributed by atoms with Crippen molar-refractivity contribution >= 4 is 11.7 Å². The molecule has 0 spiro atoms. The highest BCUT2D eigenvalue weighted by molar-refractivity contribution is 6.99. The monoisotopic (exact) mass is 232 g/mol. The first-order valence-electron chi connectivity index (χ1n) is 4.66. The van der Waals surface area contributed by atoms with Crippen LogP contribution >= 0.6 is 11.7 Å². The molecule has 16 heavy (non-hydrogen) atoms. The fraction of sp³-hybridized carbons (Fsp3) is 0.182. The minimum atomic E-state index is 0.206. The van der Waals surface area contributed by atoms with E-state index in [0.29, 0.717) is 5.88 Å². The minimum Gasteiger partial charge on any atom is -0.462 e. The fourth-order valence-electron chi connectivity index (χ4n) is 1.29. The summed E-state index contributed by atoms with van der Waals surface area (Å²) >= 11 is 1.11. The quantitative estimate of drug-likeness (QED) is 0.586.